The first-order valence-electron chi connectivity index (χ1n) is 14.2. The maximum atomic E-state index is 14.8. The highest BCUT2D eigenvalue weighted by atomic mass is 16.5. The molecule has 1 heterocycles. The van der Waals surface area contributed by atoms with Crippen LogP contribution in [0.1, 0.15) is 35.4 Å². The van der Waals surface area contributed by atoms with Crippen LogP contribution in [0.2, 0.25) is 0 Å². The van der Waals surface area contributed by atoms with Gasteiger partial charge < -0.3 is 9.84 Å². The molecule has 7 nitrogen and oxygen atoms in total. The molecule has 0 radical (unpaired) electrons. The highest BCUT2D eigenvalue weighted by molar-refractivity contribution is 6.31. The second-order valence-electron chi connectivity index (χ2n) is 11.5. The van der Waals surface area contributed by atoms with Crippen LogP contribution in [0.15, 0.2) is 96.6 Å². The van der Waals surface area contributed by atoms with Gasteiger partial charge in [-0.3, -0.25) is 24.5 Å². The Morgan fingerprint density at radius 1 is 0.857 bits per heavy atom. The fraction of sp³-hybridized carbons (Fsp3) is 0.257. The molecular formula is C35H29NO6. The Labute approximate surface area is 242 Å². The Bertz CT molecular complexity index is 1710. The van der Waals surface area contributed by atoms with E-state index in [9.17, 15) is 24.3 Å². The average Bonchev–Trinajstić information content (AvgIpc) is 3.32. The fourth-order valence-electron chi connectivity index (χ4n) is 8.07. The molecule has 0 aromatic heterocycles. The molecule has 0 bridgehead atoms. The first-order chi connectivity index (χ1) is 20.4. The van der Waals surface area contributed by atoms with Crippen molar-refractivity contribution in [2.45, 2.75) is 24.2 Å². The van der Waals surface area contributed by atoms with Crippen LogP contribution in [0, 0.1) is 23.7 Å². The van der Waals surface area contributed by atoms with E-state index in [1.807, 2.05) is 66.7 Å². The summed E-state index contributed by atoms with van der Waals surface area (Å²) in [5, 5.41) is 14.0. The zero-order valence-electron chi connectivity index (χ0n) is 22.9. The van der Waals surface area contributed by atoms with Gasteiger partial charge in [0, 0.05) is 23.0 Å². The third-order valence-corrected chi connectivity index (χ3v) is 9.78. The smallest absolute Gasteiger partial charge is 0.231 e. The van der Waals surface area contributed by atoms with Gasteiger partial charge in [0.25, 0.3) is 0 Å². The minimum atomic E-state index is -1.39. The van der Waals surface area contributed by atoms with Gasteiger partial charge in [-0.25, -0.2) is 0 Å². The Hall–Kier alpha value is -4.78. The van der Waals surface area contributed by atoms with E-state index in [2.05, 4.69) is 5.32 Å². The monoisotopic (exact) mass is 559 g/mol. The number of methoxy groups -OCH3 is 1. The molecule has 4 aliphatic rings. The Morgan fingerprint density at radius 2 is 1.57 bits per heavy atom. The van der Waals surface area contributed by atoms with Crippen LogP contribution in [-0.2, 0) is 24.6 Å². The number of para-hydroxylation sites is 1. The highest BCUT2D eigenvalue weighted by Crippen LogP contribution is 2.64. The van der Waals surface area contributed by atoms with Gasteiger partial charge in [0.05, 0.1) is 24.4 Å². The number of allylic oxidation sites excluding steroid dienone is 4. The van der Waals surface area contributed by atoms with Crippen molar-refractivity contribution in [3.05, 3.63) is 113 Å². The van der Waals surface area contributed by atoms with E-state index >= 15 is 0 Å². The van der Waals surface area contributed by atoms with Gasteiger partial charge in [0.2, 0.25) is 11.8 Å². The third kappa shape index (κ3) is 3.52. The lowest BCUT2D eigenvalue weighted by atomic mass is 9.44. The second-order valence-corrected chi connectivity index (χ2v) is 11.5. The van der Waals surface area contributed by atoms with Crippen LogP contribution in [0.3, 0.4) is 0 Å². The molecule has 1 aliphatic heterocycles. The molecular weight excluding hydrogens is 530 g/mol. The third-order valence-electron chi connectivity index (χ3n) is 9.78. The number of nitrogens with one attached hydrogen (secondary N) is 1. The molecule has 2 amide bonds. The lowest BCUT2D eigenvalue weighted by Gasteiger charge is -2.55. The number of aromatic hydroxyl groups is 1. The zero-order chi connectivity index (χ0) is 29.2. The van der Waals surface area contributed by atoms with Crippen LogP contribution < -0.4 is 10.1 Å². The molecule has 1 saturated carbocycles. The van der Waals surface area contributed by atoms with Crippen LogP contribution in [0.25, 0.3) is 5.57 Å². The van der Waals surface area contributed by atoms with Crippen molar-refractivity contribution in [3.63, 3.8) is 0 Å². The summed E-state index contributed by atoms with van der Waals surface area (Å²) in [6, 6.07) is 23.6. The molecule has 3 aromatic rings. The van der Waals surface area contributed by atoms with Crippen LogP contribution in [0.5, 0.6) is 11.5 Å². The number of hydrogen-bond donors (Lipinski definition) is 2. The van der Waals surface area contributed by atoms with Crippen molar-refractivity contribution in [3.8, 4) is 11.5 Å². The summed E-state index contributed by atoms with van der Waals surface area (Å²) in [5.41, 5.74) is 1.49. The van der Waals surface area contributed by atoms with Gasteiger partial charge in [-0.2, -0.15) is 0 Å². The number of carbonyl (C=O) groups is 4. The number of phenolic OH excluding ortho intramolecular Hbond substituents is 1. The number of Topliss-reactive ketones (excluding diaryl/α,β-unsaturated/α-hetero) is 1. The number of hydrogen-bond acceptors (Lipinski definition) is 6. The molecule has 0 spiro atoms. The maximum absolute atomic E-state index is 14.8. The van der Waals surface area contributed by atoms with E-state index in [1.54, 1.807) is 18.2 Å². The van der Waals surface area contributed by atoms with Crippen LogP contribution >= 0.6 is 0 Å². The molecule has 1 saturated heterocycles. The minimum absolute atomic E-state index is 0.118. The Balaban J connectivity index is 1.55. The van der Waals surface area contributed by atoms with Crippen LogP contribution in [-0.4, -0.2) is 35.6 Å². The standard InChI is InChI=1S/C35H29NO6/c1-42-27-14-8-13-23(32(27)39)30-21-15-16-22-29(34(41)36-33(22)40)25(21)17-26-31(38)24(19-9-4-2-5-10-19)18-28(37)35(26,30)20-11-6-3-7-12-20/h2-15,18,22,25-26,29-30,39H,16-17H2,1H3,(H,36,40,41)/t22-,25+,26-,29-,30+,35-/m0/s1. The van der Waals surface area contributed by atoms with Crippen molar-refractivity contribution < 1.29 is 29.0 Å². The molecule has 2 N–H and O–H groups in total. The number of amides is 2. The molecule has 210 valence electrons. The number of ether oxygens (including phenoxy) is 1. The highest BCUT2D eigenvalue weighted by Gasteiger charge is 2.65. The number of benzene rings is 3. The lowest BCUT2D eigenvalue weighted by molar-refractivity contribution is -0.135. The Morgan fingerprint density at radius 3 is 2.29 bits per heavy atom. The molecule has 42 heavy (non-hydrogen) atoms. The summed E-state index contributed by atoms with van der Waals surface area (Å²) < 4.78 is 5.47. The van der Waals surface area contributed by atoms with Crippen molar-refractivity contribution in [2.24, 2.45) is 23.7 Å². The van der Waals surface area contributed by atoms with E-state index in [-0.39, 0.29) is 41.3 Å². The van der Waals surface area contributed by atoms with Gasteiger partial charge >= 0.3 is 0 Å². The molecule has 0 unspecified atom stereocenters. The summed E-state index contributed by atoms with van der Waals surface area (Å²) in [7, 11) is 1.46. The Kier molecular flexibility index (Phi) is 6.01. The molecule has 7 heteroatoms. The SMILES string of the molecule is COc1cccc([C@H]2C3=CC[C@@H]4C(=O)NC(=O)[C@@H]4[C@@H]3C[C@H]3C(=O)C(c4ccccc4)=CC(=O)[C@@]23c2ccccc2)c1O. The van der Waals surface area contributed by atoms with Crippen molar-refractivity contribution >= 4 is 29.0 Å². The molecule has 2 fully saturated rings. The average molecular weight is 560 g/mol. The summed E-state index contributed by atoms with van der Waals surface area (Å²) >= 11 is 0. The number of carbonyl (C=O) groups excluding carboxylic acids is 4. The summed E-state index contributed by atoms with van der Waals surface area (Å²) in [6.07, 6.45) is 3.98. The van der Waals surface area contributed by atoms with E-state index in [0.717, 1.165) is 5.57 Å². The number of imide groups is 1. The first kappa shape index (κ1) is 26.1. The van der Waals surface area contributed by atoms with Gasteiger partial charge in [-0.1, -0.05) is 84.4 Å². The van der Waals surface area contributed by atoms with E-state index in [4.69, 9.17) is 4.74 Å². The van der Waals surface area contributed by atoms with Gasteiger partial charge in [0.15, 0.2) is 23.1 Å². The number of rotatable bonds is 4. The fourth-order valence-corrected chi connectivity index (χ4v) is 8.07. The van der Waals surface area contributed by atoms with E-state index < -0.39 is 35.0 Å². The largest absolute Gasteiger partial charge is 0.504 e. The summed E-state index contributed by atoms with van der Waals surface area (Å²) in [4.78, 5) is 55.5. The van der Waals surface area contributed by atoms with Crippen molar-refractivity contribution in [1.82, 2.24) is 5.32 Å². The maximum Gasteiger partial charge on any atom is 0.231 e. The summed E-state index contributed by atoms with van der Waals surface area (Å²) in [5.74, 6) is -4.27. The quantitative estimate of drug-likeness (QED) is 0.360. The molecule has 6 atom stereocenters. The van der Waals surface area contributed by atoms with E-state index in [0.29, 0.717) is 28.7 Å². The number of ketones is 2. The topological polar surface area (TPSA) is 110 Å². The van der Waals surface area contributed by atoms with Gasteiger partial charge in [-0.05, 0) is 42.0 Å². The number of phenols is 1. The number of fused-ring (bicyclic) bond motifs is 4. The summed E-state index contributed by atoms with van der Waals surface area (Å²) in [6.45, 7) is 0. The minimum Gasteiger partial charge on any atom is -0.504 e. The van der Waals surface area contributed by atoms with Gasteiger partial charge in [0.1, 0.15) is 0 Å². The lowest BCUT2D eigenvalue weighted by Crippen LogP contribution is -2.58. The van der Waals surface area contributed by atoms with Crippen LogP contribution in [0.4, 0.5) is 0 Å². The van der Waals surface area contributed by atoms with E-state index in [1.165, 1.54) is 13.2 Å². The molecule has 7 rings (SSSR count). The molecule has 3 aliphatic carbocycles. The van der Waals surface area contributed by atoms with Crippen molar-refractivity contribution in [1.29, 1.82) is 0 Å². The molecule has 3 aromatic carbocycles. The predicted molar refractivity (Wildman–Crippen MR) is 154 cm³/mol. The predicted octanol–water partition coefficient (Wildman–Crippen LogP) is 4.51. The second kappa shape index (κ2) is 9.65. The van der Waals surface area contributed by atoms with Crippen molar-refractivity contribution in [2.75, 3.05) is 7.11 Å². The van der Waals surface area contributed by atoms with Gasteiger partial charge in [-0.15, -0.1) is 0 Å². The first-order valence-corrected chi connectivity index (χ1v) is 14.2. The normalized spacial score (nSPS) is 30.0. The zero-order valence-corrected chi connectivity index (χ0v) is 22.9.